The monoisotopic (exact) mass is 474 g/mol. The molecule has 34 heavy (non-hydrogen) atoms. The number of nitrogens with one attached hydrogen (secondary N) is 2. The first-order chi connectivity index (χ1) is 16.3. The minimum absolute atomic E-state index is 0.00774. The van der Waals surface area contributed by atoms with Gasteiger partial charge in [-0.05, 0) is 62.4 Å². The number of carbonyl (C=O) groups excluding carboxylic acids is 1. The number of carbonyl (C=O) groups is 1. The van der Waals surface area contributed by atoms with Crippen molar-refractivity contribution in [2.24, 2.45) is 0 Å². The minimum Gasteiger partial charge on any atom is -0.457 e. The Bertz CT molecular complexity index is 1420. The van der Waals surface area contributed by atoms with Crippen LogP contribution in [0.15, 0.2) is 88.2 Å². The lowest BCUT2D eigenvalue weighted by atomic mass is 10.2. The first-order valence-electron chi connectivity index (χ1n) is 10.4. The molecular weight excluding hydrogens is 452 g/mol. The highest BCUT2D eigenvalue weighted by atomic mass is 32.2. The number of anilines is 2. The summed E-state index contributed by atoms with van der Waals surface area (Å²) in [7, 11) is -3.87. The van der Waals surface area contributed by atoms with Crippen molar-refractivity contribution in [2.45, 2.75) is 18.7 Å². The average Bonchev–Trinajstić information content (AvgIpc) is 3.27. The second-order valence-electron chi connectivity index (χ2n) is 7.49. The van der Waals surface area contributed by atoms with Crippen LogP contribution in [0.4, 0.5) is 11.6 Å². The highest BCUT2D eigenvalue weighted by molar-refractivity contribution is 7.92. The van der Waals surface area contributed by atoms with Gasteiger partial charge in [0.15, 0.2) is 0 Å². The predicted molar refractivity (Wildman–Crippen MR) is 131 cm³/mol. The Morgan fingerprint density at radius 3 is 2.26 bits per heavy atom. The number of hydrogen-bond acceptors (Lipinski definition) is 6. The van der Waals surface area contributed by atoms with E-state index in [2.05, 4.69) is 20.0 Å². The zero-order chi connectivity index (χ0) is 24.1. The maximum absolute atomic E-state index is 12.6. The number of nitrogens with zero attached hydrogens (tertiary/aromatic N) is 2. The zero-order valence-corrected chi connectivity index (χ0v) is 19.3. The van der Waals surface area contributed by atoms with Crippen LogP contribution in [0.2, 0.25) is 0 Å². The van der Waals surface area contributed by atoms with Gasteiger partial charge in [0.25, 0.3) is 10.0 Å². The first-order valence-corrected chi connectivity index (χ1v) is 11.9. The number of aryl methyl sites for hydroxylation is 2. The summed E-state index contributed by atoms with van der Waals surface area (Å²) < 4.78 is 33.3. The molecule has 2 N–H and O–H groups in total. The number of amides is 1. The van der Waals surface area contributed by atoms with E-state index in [1.807, 2.05) is 36.4 Å². The Labute approximate surface area is 197 Å². The molecule has 0 aliphatic rings. The molecule has 0 unspecified atom stereocenters. The van der Waals surface area contributed by atoms with Crippen molar-refractivity contribution in [3.05, 3.63) is 96.0 Å². The van der Waals surface area contributed by atoms with Crippen LogP contribution in [0.5, 0.6) is 0 Å². The van der Waals surface area contributed by atoms with Crippen LogP contribution in [0.3, 0.4) is 0 Å². The Kier molecular flexibility index (Phi) is 6.55. The molecule has 172 valence electrons. The van der Waals surface area contributed by atoms with E-state index in [4.69, 9.17) is 4.42 Å². The van der Waals surface area contributed by atoms with Gasteiger partial charge in [0.05, 0.1) is 4.90 Å². The van der Waals surface area contributed by atoms with E-state index in [1.54, 1.807) is 32.1 Å². The second-order valence-corrected chi connectivity index (χ2v) is 9.18. The zero-order valence-electron chi connectivity index (χ0n) is 18.5. The second kappa shape index (κ2) is 9.72. The molecular formula is C25H22N4O4S. The summed E-state index contributed by atoms with van der Waals surface area (Å²) in [6.45, 7) is 3.51. The molecule has 4 rings (SSSR count). The van der Waals surface area contributed by atoms with Crippen LogP contribution in [-0.4, -0.2) is 24.3 Å². The lowest BCUT2D eigenvalue weighted by molar-refractivity contribution is -0.111. The van der Waals surface area contributed by atoms with Crippen molar-refractivity contribution in [3.8, 4) is 11.3 Å². The summed E-state index contributed by atoms with van der Waals surface area (Å²) in [4.78, 5) is 20.5. The van der Waals surface area contributed by atoms with Crippen LogP contribution in [0.25, 0.3) is 17.4 Å². The lowest BCUT2D eigenvalue weighted by Gasteiger charge is -2.09. The van der Waals surface area contributed by atoms with Gasteiger partial charge >= 0.3 is 0 Å². The normalized spacial score (nSPS) is 11.5. The summed E-state index contributed by atoms with van der Waals surface area (Å²) in [5.41, 5.74) is 2.70. The van der Waals surface area contributed by atoms with Gasteiger partial charge in [-0.3, -0.25) is 4.79 Å². The number of rotatable bonds is 7. The van der Waals surface area contributed by atoms with Crippen molar-refractivity contribution >= 4 is 33.6 Å². The van der Waals surface area contributed by atoms with E-state index in [1.165, 1.54) is 30.3 Å². The number of furan rings is 1. The Balaban J connectivity index is 1.38. The Hall–Kier alpha value is -4.24. The molecule has 8 nitrogen and oxygen atoms in total. The van der Waals surface area contributed by atoms with E-state index in [0.29, 0.717) is 28.6 Å². The fourth-order valence-electron chi connectivity index (χ4n) is 3.21. The van der Waals surface area contributed by atoms with E-state index in [-0.39, 0.29) is 16.8 Å². The predicted octanol–water partition coefficient (Wildman–Crippen LogP) is 4.81. The molecule has 0 fully saturated rings. The van der Waals surface area contributed by atoms with Crippen LogP contribution in [-0.2, 0) is 14.8 Å². The topological polar surface area (TPSA) is 114 Å². The molecule has 2 aromatic carbocycles. The molecule has 0 saturated carbocycles. The van der Waals surface area contributed by atoms with Gasteiger partial charge in [0, 0.05) is 28.7 Å². The SMILES string of the molecule is Cc1cc(C)nc(NS(=O)(=O)c2ccc(NC(=O)/C=C/c3ccc(-c4ccccc4)o3)cc2)n1. The first kappa shape index (κ1) is 22.9. The lowest BCUT2D eigenvalue weighted by Crippen LogP contribution is -2.16. The highest BCUT2D eigenvalue weighted by Gasteiger charge is 2.16. The van der Waals surface area contributed by atoms with Crippen molar-refractivity contribution in [1.82, 2.24) is 9.97 Å². The van der Waals surface area contributed by atoms with Crippen molar-refractivity contribution in [1.29, 1.82) is 0 Å². The number of aromatic nitrogens is 2. The molecule has 0 saturated heterocycles. The Morgan fingerprint density at radius 2 is 1.59 bits per heavy atom. The van der Waals surface area contributed by atoms with Crippen LogP contribution >= 0.6 is 0 Å². The maximum atomic E-state index is 12.6. The molecule has 0 bridgehead atoms. The average molecular weight is 475 g/mol. The van der Waals surface area contributed by atoms with Gasteiger partial charge in [0.1, 0.15) is 11.5 Å². The third-order valence-corrected chi connectivity index (χ3v) is 6.07. The van der Waals surface area contributed by atoms with E-state index >= 15 is 0 Å². The van der Waals surface area contributed by atoms with E-state index in [9.17, 15) is 13.2 Å². The molecule has 0 aliphatic carbocycles. The summed E-state index contributed by atoms with van der Waals surface area (Å²) in [6.07, 6.45) is 2.91. The van der Waals surface area contributed by atoms with Gasteiger partial charge in [-0.1, -0.05) is 30.3 Å². The molecule has 0 spiro atoms. The third-order valence-electron chi connectivity index (χ3n) is 4.72. The van der Waals surface area contributed by atoms with Gasteiger partial charge in [-0.25, -0.2) is 23.1 Å². The van der Waals surface area contributed by atoms with Crippen molar-refractivity contribution in [2.75, 3.05) is 10.0 Å². The molecule has 1 amide bonds. The van der Waals surface area contributed by atoms with Crippen LogP contribution in [0, 0.1) is 13.8 Å². The largest absolute Gasteiger partial charge is 0.457 e. The quantitative estimate of drug-likeness (QED) is 0.372. The van der Waals surface area contributed by atoms with Gasteiger partial charge < -0.3 is 9.73 Å². The molecule has 0 aliphatic heterocycles. The van der Waals surface area contributed by atoms with Gasteiger partial charge in [0.2, 0.25) is 11.9 Å². The van der Waals surface area contributed by atoms with Gasteiger partial charge in [-0.2, -0.15) is 0 Å². The molecule has 4 aromatic rings. The molecule has 2 heterocycles. The summed E-state index contributed by atoms with van der Waals surface area (Å²) in [5, 5.41) is 2.69. The van der Waals surface area contributed by atoms with E-state index in [0.717, 1.165) is 5.56 Å². The molecule has 0 atom stereocenters. The molecule has 9 heteroatoms. The van der Waals surface area contributed by atoms with Crippen LogP contribution in [0.1, 0.15) is 17.1 Å². The fourth-order valence-corrected chi connectivity index (χ4v) is 4.15. The Morgan fingerprint density at radius 1 is 0.912 bits per heavy atom. The smallest absolute Gasteiger partial charge is 0.264 e. The minimum atomic E-state index is -3.87. The number of benzene rings is 2. The van der Waals surface area contributed by atoms with Crippen LogP contribution < -0.4 is 10.0 Å². The molecule has 0 radical (unpaired) electrons. The fraction of sp³-hybridized carbons (Fsp3) is 0.0800. The molecule has 2 aromatic heterocycles. The summed E-state index contributed by atoms with van der Waals surface area (Å²) in [5.74, 6) is 0.871. The van der Waals surface area contributed by atoms with Crippen molar-refractivity contribution < 1.29 is 17.6 Å². The maximum Gasteiger partial charge on any atom is 0.264 e. The summed E-state index contributed by atoms with van der Waals surface area (Å²) >= 11 is 0. The number of hydrogen-bond donors (Lipinski definition) is 2. The van der Waals surface area contributed by atoms with Crippen molar-refractivity contribution in [3.63, 3.8) is 0 Å². The highest BCUT2D eigenvalue weighted by Crippen LogP contribution is 2.22. The summed E-state index contributed by atoms with van der Waals surface area (Å²) in [6, 6.07) is 20.8. The number of sulfonamides is 1. The van der Waals surface area contributed by atoms with E-state index < -0.39 is 10.0 Å². The standard InChI is InChI=1S/C25H22N4O4S/c1-17-16-18(2)27-25(26-17)29-34(31,32)22-12-8-20(9-13-22)28-24(30)15-11-21-10-14-23(33-21)19-6-4-3-5-7-19/h3-16H,1-2H3,(H,28,30)(H,26,27,29)/b15-11+. The third kappa shape index (κ3) is 5.76. The van der Waals surface area contributed by atoms with Gasteiger partial charge in [-0.15, -0.1) is 0 Å².